The molecule has 2 aromatic heterocycles. The molecule has 4 rings (SSSR count). The first-order valence-corrected chi connectivity index (χ1v) is 8.93. The summed E-state index contributed by atoms with van der Waals surface area (Å²) in [6.07, 6.45) is 2.71. The zero-order valence-corrected chi connectivity index (χ0v) is 14.9. The third-order valence-electron chi connectivity index (χ3n) is 4.73. The topological polar surface area (TPSA) is 78.0 Å². The number of hydrogen-bond acceptors (Lipinski definition) is 5. The van der Waals surface area contributed by atoms with Crippen molar-refractivity contribution in [2.45, 2.75) is 19.9 Å². The number of hydrogen-bond donors (Lipinski definition) is 1. The summed E-state index contributed by atoms with van der Waals surface area (Å²) in [6.45, 7) is 5.79. The molecule has 0 unspecified atom stereocenters. The van der Waals surface area contributed by atoms with Crippen LogP contribution in [0.1, 0.15) is 28.6 Å². The minimum Gasteiger partial charge on any atom is -0.336 e. The van der Waals surface area contributed by atoms with Gasteiger partial charge in [0.05, 0.1) is 6.54 Å². The van der Waals surface area contributed by atoms with E-state index in [1.807, 2.05) is 42.2 Å². The molecule has 1 amide bonds. The number of carbonyl (C=O) groups excluding carboxylic acids is 1. The van der Waals surface area contributed by atoms with Crippen molar-refractivity contribution < 1.29 is 4.79 Å². The molecular formula is C19H22N6O. The number of carbonyl (C=O) groups is 1. The number of nitrogens with one attached hydrogen (secondary N) is 1. The third kappa shape index (κ3) is 3.57. The number of amides is 1. The van der Waals surface area contributed by atoms with Crippen molar-refractivity contribution in [3.8, 4) is 0 Å². The minimum atomic E-state index is 0.00587. The standard InChI is InChI=1S/C19H22N6O/c1-14-21-18(23-22-14)13-24-7-4-8-25(10-9-24)19(26)17-11-15-5-2-3-6-16(15)12-20-17/h2-3,5-6,11-12H,4,7-10,13H2,1H3,(H,21,22,23). The van der Waals surface area contributed by atoms with Crippen molar-refractivity contribution in [2.24, 2.45) is 0 Å². The number of H-pyrrole nitrogens is 1. The quantitative estimate of drug-likeness (QED) is 0.782. The smallest absolute Gasteiger partial charge is 0.272 e. The van der Waals surface area contributed by atoms with Crippen molar-refractivity contribution in [3.05, 3.63) is 53.9 Å². The molecule has 26 heavy (non-hydrogen) atoms. The second-order valence-corrected chi connectivity index (χ2v) is 6.68. The molecule has 1 aromatic carbocycles. The molecule has 7 nitrogen and oxygen atoms in total. The molecule has 134 valence electrons. The van der Waals surface area contributed by atoms with E-state index < -0.39 is 0 Å². The first kappa shape index (κ1) is 16.7. The van der Waals surface area contributed by atoms with Crippen molar-refractivity contribution in [3.63, 3.8) is 0 Å². The van der Waals surface area contributed by atoms with E-state index in [0.717, 1.165) is 48.5 Å². The summed E-state index contributed by atoms with van der Waals surface area (Å²) in [4.78, 5) is 25.8. The van der Waals surface area contributed by atoms with Crippen LogP contribution >= 0.6 is 0 Å². The van der Waals surface area contributed by atoms with Gasteiger partial charge in [-0.2, -0.15) is 5.10 Å². The van der Waals surface area contributed by atoms with Gasteiger partial charge in [0.1, 0.15) is 11.5 Å². The number of aryl methyl sites for hydroxylation is 1. The summed E-state index contributed by atoms with van der Waals surface area (Å²) in [5.74, 6) is 1.64. The predicted molar refractivity (Wildman–Crippen MR) is 98.7 cm³/mol. The number of aromatic amines is 1. The lowest BCUT2D eigenvalue weighted by molar-refractivity contribution is 0.0755. The molecule has 0 spiro atoms. The Kier molecular flexibility index (Phi) is 4.62. The van der Waals surface area contributed by atoms with Crippen LogP contribution < -0.4 is 0 Å². The SMILES string of the molecule is Cc1nc(CN2CCCN(C(=O)c3cc4ccccc4cn3)CC2)n[nH]1. The van der Waals surface area contributed by atoms with Crippen LogP contribution in [-0.4, -0.2) is 62.1 Å². The van der Waals surface area contributed by atoms with Gasteiger partial charge in [0.15, 0.2) is 5.82 Å². The number of nitrogens with zero attached hydrogens (tertiary/aromatic N) is 5. The highest BCUT2D eigenvalue weighted by atomic mass is 16.2. The molecule has 1 aliphatic heterocycles. The van der Waals surface area contributed by atoms with Crippen LogP contribution in [-0.2, 0) is 6.54 Å². The van der Waals surface area contributed by atoms with Gasteiger partial charge in [-0.05, 0) is 24.8 Å². The van der Waals surface area contributed by atoms with Crippen LogP contribution in [0.25, 0.3) is 10.8 Å². The lowest BCUT2D eigenvalue weighted by Gasteiger charge is -2.21. The van der Waals surface area contributed by atoms with E-state index in [2.05, 4.69) is 25.1 Å². The molecular weight excluding hydrogens is 328 g/mol. The summed E-state index contributed by atoms with van der Waals surface area (Å²) in [7, 11) is 0. The molecule has 0 aliphatic carbocycles. The normalized spacial score (nSPS) is 16.0. The van der Waals surface area contributed by atoms with Gasteiger partial charge < -0.3 is 4.90 Å². The maximum Gasteiger partial charge on any atom is 0.272 e. The second kappa shape index (κ2) is 7.21. The molecule has 0 atom stereocenters. The lowest BCUT2D eigenvalue weighted by atomic mass is 10.1. The fourth-order valence-electron chi connectivity index (χ4n) is 3.35. The van der Waals surface area contributed by atoms with Gasteiger partial charge in [-0.3, -0.25) is 19.8 Å². The van der Waals surface area contributed by atoms with E-state index in [9.17, 15) is 4.79 Å². The number of fused-ring (bicyclic) bond motifs is 1. The first-order chi connectivity index (χ1) is 12.7. The Morgan fingerprint density at radius 1 is 1.15 bits per heavy atom. The number of aromatic nitrogens is 4. The van der Waals surface area contributed by atoms with Crippen LogP contribution in [0.2, 0.25) is 0 Å². The van der Waals surface area contributed by atoms with E-state index in [-0.39, 0.29) is 5.91 Å². The molecule has 1 fully saturated rings. The molecule has 0 bridgehead atoms. The highest BCUT2D eigenvalue weighted by molar-refractivity contribution is 5.96. The number of benzene rings is 1. The number of rotatable bonds is 3. The fraction of sp³-hybridized carbons (Fsp3) is 0.368. The highest BCUT2D eigenvalue weighted by Crippen LogP contribution is 2.16. The molecule has 1 saturated heterocycles. The van der Waals surface area contributed by atoms with Gasteiger partial charge in [0.2, 0.25) is 0 Å². The van der Waals surface area contributed by atoms with Crippen molar-refractivity contribution >= 4 is 16.7 Å². The molecule has 3 heterocycles. The van der Waals surface area contributed by atoms with Crippen LogP contribution in [0.4, 0.5) is 0 Å². The summed E-state index contributed by atoms with van der Waals surface area (Å²) in [5.41, 5.74) is 0.516. The van der Waals surface area contributed by atoms with Crippen LogP contribution in [0, 0.1) is 6.92 Å². The van der Waals surface area contributed by atoms with Gasteiger partial charge in [0.25, 0.3) is 5.91 Å². The average Bonchev–Trinajstić information content (AvgIpc) is 2.93. The molecule has 1 N–H and O–H groups in total. The van der Waals surface area contributed by atoms with Gasteiger partial charge >= 0.3 is 0 Å². The van der Waals surface area contributed by atoms with Crippen LogP contribution in [0.3, 0.4) is 0 Å². The summed E-state index contributed by atoms with van der Waals surface area (Å²) < 4.78 is 0. The molecule has 0 saturated carbocycles. The van der Waals surface area contributed by atoms with Gasteiger partial charge in [0, 0.05) is 37.8 Å². The summed E-state index contributed by atoms with van der Waals surface area (Å²) >= 11 is 0. The van der Waals surface area contributed by atoms with Crippen molar-refractivity contribution in [2.75, 3.05) is 26.2 Å². The van der Waals surface area contributed by atoms with Crippen LogP contribution in [0.15, 0.2) is 36.5 Å². The lowest BCUT2D eigenvalue weighted by Crippen LogP contribution is -2.35. The summed E-state index contributed by atoms with van der Waals surface area (Å²) in [5, 5.41) is 9.17. The van der Waals surface area contributed by atoms with E-state index in [1.165, 1.54) is 0 Å². The van der Waals surface area contributed by atoms with Gasteiger partial charge in [-0.25, -0.2) is 4.98 Å². The zero-order valence-electron chi connectivity index (χ0n) is 14.9. The highest BCUT2D eigenvalue weighted by Gasteiger charge is 2.22. The first-order valence-electron chi connectivity index (χ1n) is 8.93. The van der Waals surface area contributed by atoms with Crippen molar-refractivity contribution in [1.82, 2.24) is 30.0 Å². The van der Waals surface area contributed by atoms with E-state index >= 15 is 0 Å². The Bertz CT molecular complexity index is 921. The molecule has 7 heteroatoms. The molecule has 0 radical (unpaired) electrons. The predicted octanol–water partition coefficient (Wildman–Crippen LogP) is 2.01. The largest absolute Gasteiger partial charge is 0.336 e. The van der Waals surface area contributed by atoms with E-state index in [0.29, 0.717) is 18.8 Å². The second-order valence-electron chi connectivity index (χ2n) is 6.68. The monoisotopic (exact) mass is 350 g/mol. The average molecular weight is 350 g/mol. The summed E-state index contributed by atoms with van der Waals surface area (Å²) in [6, 6.07) is 9.86. The van der Waals surface area contributed by atoms with Gasteiger partial charge in [-0.15, -0.1) is 0 Å². The van der Waals surface area contributed by atoms with E-state index in [1.54, 1.807) is 6.20 Å². The maximum absolute atomic E-state index is 12.9. The maximum atomic E-state index is 12.9. The fourth-order valence-corrected chi connectivity index (χ4v) is 3.35. The third-order valence-corrected chi connectivity index (χ3v) is 4.73. The Morgan fingerprint density at radius 3 is 2.81 bits per heavy atom. The Labute approximate surface area is 152 Å². The Balaban J connectivity index is 1.43. The molecule has 1 aliphatic rings. The molecule has 3 aromatic rings. The zero-order chi connectivity index (χ0) is 17.9. The van der Waals surface area contributed by atoms with Crippen LogP contribution in [0.5, 0.6) is 0 Å². The Morgan fingerprint density at radius 2 is 2.00 bits per heavy atom. The van der Waals surface area contributed by atoms with Gasteiger partial charge in [-0.1, -0.05) is 24.3 Å². The van der Waals surface area contributed by atoms with Crippen molar-refractivity contribution in [1.29, 1.82) is 0 Å². The van der Waals surface area contributed by atoms with E-state index in [4.69, 9.17) is 0 Å². The number of pyridine rings is 1. The minimum absolute atomic E-state index is 0.00587. The Hall–Kier alpha value is -2.80.